The highest BCUT2D eigenvalue weighted by Crippen LogP contribution is 2.37. The van der Waals surface area contributed by atoms with Gasteiger partial charge in [-0.3, -0.25) is 9.78 Å². The highest BCUT2D eigenvalue weighted by molar-refractivity contribution is 5.96. The van der Waals surface area contributed by atoms with Gasteiger partial charge in [0.15, 0.2) is 5.58 Å². The van der Waals surface area contributed by atoms with Crippen LogP contribution < -0.4 is 21.1 Å². The van der Waals surface area contributed by atoms with Gasteiger partial charge in [-0.1, -0.05) is 0 Å². The number of primary amides is 1. The van der Waals surface area contributed by atoms with E-state index in [0.29, 0.717) is 39.7 Å². The molecule has 5 rings (SSSR count). The Morgan fingerprint density at radius 2 is 2.06 bits per heavy atom. The third kappa shape index (κ3) is 4.45. The lowest BCUT2D eigenvalue weighted by molar-refractivity contribution is 0.100. The number of carbonyl (C=O) groups is 1. The van der Waals surface area contributed by atoms with Crippen molar-refractivity contribution < 1.29 is 13.9 Å². The molecule has 0 saturated carbocycles. The molecule has 1 fully saturated rings. The summed E-state index contributed by atoms with van der Waals surface area (Å²) in [7, 11) is 1.57. The number of aromatic nitrogens is 2. The van der Waals surface area contributed by atoms with Gasteiger partial charge in [0.05, 0.1) is 12.7 Å². The molecule has 1 aliphatic heterocycles. The number of nitrogens with zero attached hydrogens (tertiary/aromatic N) is 2. The number of anilines is 1. The number of nitrogens with two attached hydrogens (primary N) is 1. The van der Waals surface area contributed by atoms with Gasteiger partial charge in [0.2, 0.25) is 5.91 Å². The van der Waals surface area contributed by atoms with Crippen molar-refractivity contribution in [3.63, 3.8) is 0 Å². The summed E-state index contributed by atoms with van der Waals surface area (Å²) < 4.78 is 11.8. The van der Waals surface area contributed by atoms with Gasteiger partial charge in [0, 0.05) is 36.1 Å². The van der Waals surface area contributed by atoms with Gasteiger partial charge >= 0.3 is 0 Å². The van der Waals surface area contributed by atoms with E-state index in [-0.39, 0.29) is 0 Å². The van der Waals surface area contributed by atoms with Crippen LogP contribution in [0.3, 0.4) is 0 Å². The lowest BCUT2D eigenvalue weighted by Crippen LogP contribution is -2.33. The molecule has 0 spiro atoms. The standard InChI is InChI=1S/C26H27N5O3/c1-33-22-5-4-18(26(27)32)11-20(22)23-13-21-25(34-23)19(7-10-29-21)17-6-9-30-24(12-17)31-15-16-3-2-8-28-14-16/h4-7,9-13,16,28H,2-3,8,14-15H2,1H3,(H2,27,32)(H,30,31). The molecule has 174 valence electrons. The summed E-state index contributed by atoms with van der Waals surface area (Å²) in [6.07, 6.45) is 5.99. The Bertz CT molecular complexity index is 1330. The molecule has 8 heteroatoms. The first-order valence-corrected chi connectivity index (χ1v) is 11.4. The van der Waals surface area contributed by atoms with Crippen LogP contribution in [0.1, 0.15) is 23.2 Å². The molecule has 1 unspecified atom stereocenters. The molecule has 4 N–H and O–H groups in total. The molecule has 4 heterocycles. The van der Waals surface area contributed by atoms with Crippen LogP contribution in [0.2, 0.25) is 0 Å². The molecule has 4 aromatic rings. The van der Waals surface area contributed by atoms with E-state index < -0.39 is 5.91 Å². The zero-order chi connectivity index (χ0) is 23.5. The fourth-order valence-corrected chi connectivity index (χ4v) is 4.39. The Labute approximate surface area is 197 Å². The summed E-state index contributed by atoms with van der Waals surface area (Å²) in [5, 5.41) is 6.93. The largest absolute Gasteiger partial charge is 0.496 e. The smallest absolute Gasteiger partial charge is 0.248 e. The highest BCUT2D eigenvalue weighted by Gasteiger charge is 2.18. The van der Waals surface area contributed by atoms with Crippen molar-refractivity contribution in [3.8, 4) is 28.2 Å². The van der Waals surface area contributed by atoms with Gasteiger partial charge in [-0.25, -0.2) is 4.98 Å². The van der Waals surface area contributed by atoms with Crippen LogP contribution in [0.4, 0.5) is 5.82 Å². The fourth-order valence-electron chi connectivity index (χ4n) is 4.39. The molecule has 8 nitrogen and oxygen atoms in total. The maximum atomic E-state index is 11.7. The number of pyridine rings is 2. The topological polar surface area (TPSA) is 115 Å². The van der Waals surface area contributed by atoms with Crippen LogP contribution in [0, 0.1) is 5.92 Å². The number of hydrogen-bond donors (Lipinski definition) is 3. The van der Waals surface area contributed by atoms with Crippen LogP contribution >= 0.6 is 0 Å². The number of nitrogens with one attached hydrogen (secondary N) is 2. The van der Waals surface area contributed by atoms with Gasteiger partial charge in [0.1, 0.15) is 22.8 Å². The number of furan rings is 1. The lowest BCUT2D eigenvalue weighted by Gasteiger charge is -2.23. The Morgan fingerprint density at radius 3 is 2.85 bits per heavy atom. The third-order valence-electron chi connectivity index (χ3n) is 6.20. The second kappa shape index (κ2) is 9.52. The first kappa shape index (κ1) is 21.9. The number of benzene rings is 1. The van der Waals surface area contributed by atoms with E-state index in [1.165, 1.54) is 12.8 Å². The summed E-state index contributed by atoms with van der Waals surface area (Å²) in [6, 6.07) is 12.8. The number of hydrogen-bond acceptors (Lipinski definition) is 7. The molecule has 1 saturated heterocycles. The Hall–Kier alpha value is -3.91. The number of ether oxygens (including phenoxy) is 1. The lowest BCUT2D eigenvalue weighted by atomic mass is 10.00. The minimum Gasteiger partial charge on any atom is -0.496 e. The minimum absolute atomic E-state index is 0.377. The number of methoxy groups -OCH3 is 1. The molecule has 3 aromatic heterocycles. The van der Waals surface area contributed by atoms with Crippen molar-refractivity contribution in [2.75, 3.05) is 32.1 Å². The number of piperidine rings is 1. The van der Waals surface area contributed by atoms with Crippen molar-refractivity contribution in [2.24, 2.45) is 11.7 Å². The predicted molar refractivity (Wildman–Crippen MR) is 132 cm³/mol. The van der Waals surface area contributed by atoms with Crippen LogP contribution in [0.25, 0.3) is 33.6 Å². The van der Waals surface area contributed by atoms with Gasteiger partial charge in [-0.2, -0.15) is 0 Å². The second-order valence-corrected chi connectivity index (χ2v) is 8.49. The van der Waals surface area contributed by atoms with E-state index in [2.05, 4.69) is 20.6 Å². The summed E-state index contributed by atoms with van der Waals surface area (Å²) in [5.41, 5.74) is 9.74. The van der Waals surface area contributed by atoms with Crippen LogP contribution in [0.5, 0.6) is 5.75 Å². The molecular weight excluding hydrogens is 430 g/mol. The normalized spacial score (nSPS) is 15.9. The molecule has 1 atom stereocenters. The molecule has 0 radical (unpaired) electrons. The first-order valence-electron chi connectivity index (χ1n) is 11.4. The molecule has 1 aromatic carbocycles. The van der Waals surface area contributed by atoms with E-state index in [1.54, 1.807) is 37.7 Å². The molecule has 0 aliphatic carbocycles. The third-order valence-corrected chi connectivity index (χ3v) is 6.20. The van der Waals surface area contributed by atoms with Crippen molar-refractivity contribution in [3.05, 3.63) is 60.4 Å². The predicted octanol–water partition coefficient (Wildman–Crippen LogP) is 4.08. The van der Waals surface area contributed by atoms with Gasteiger partial charge in [-0.15, -0.1) is 0 Å². The Kier molecular flexibility index (Phi) is 6.14. The Balaban J connectivity index is 1.48. The van der Waals surface area contributed by atoms with E-state index in [4.69, 9.17) is 14.9 Å². The van der Waals surface area contributed by atoms with E-state index in [1.807, 2.05) is 24.3 Å². The van der Waals surface area contributed by atoms with E-state index in [9.17, 15) is 4.79 Å². The SMILES string of the molecule is COc1ccc(C(N)=O)cc1-c1cc2nccc(-c3ccnc(NCC4CCCNC4)c3)c2o1. The van der Waals surface area contributed by atoms with Crippen LogP contribution in [-0.2, 0) is 0 Å². The maximum Gasteiger partial charge on any atom is 0.248 e. The van der Waals surface area contributed by atoms with Crippen molar-refractivity contribution >= 4 is 22.8 Å². The maximum absolute atomic E-state index is 11.7. The zero-order valence-electron chi connectivity index (χ0n) is 19.0. The first-order chi connectivity index (χ1) is 16.6. The van der Waals surface area contributed by atoms with Crippen molar-refractivity contribution in [2.45, 2.75) is 12.8 Å². The average Bonchev–Trinajstić information content (AvgIpc) is 3.32. The quantitative estimate of drug-likeness (QED) is 0.383. The fraction of sp³-hybridized carbons (Fsp3) is 0.269. The summed E-state index contributed by atoms with van der Waals surface area (Å²) >= 11 is 0. The van der Waals surface area contributed by atoms with Gasteiger partial charge in [0.25, 0.3) is 0 Å². The van der Waals surface area contributed by atoms with Crippen LogP contribution in [0.15, 0.2) is 59.3 Å². The Morgan fingerprint density at radius 1 is 1.18 bits per heavy atom. The summed E-state index contributed by atoms with van der Waals surface area (Å²) in [6.45, 7) is 3.02. The monoisotopic (exact) mass is 457 g/mol. The van der Waals surface area contributed by atoms with E-state index >= 15 is 0 Å². The zero-order valence-corrected chi connectivity index (χ0v) is 19.0. The number of amides is 1. The average molecular weight is 458 g/mol. The molecule has 0 bridgehead atoms. The number of fused-ring (bicyclic) bond motifs is 1. The second-order valence-electron chi connectivity index (χ2n) is 8.49. The summed E-state index contributed by atoms with van der Waals surface area (Å²) in [4.78, 5) is 20.7. The van der Waals surface area contributed by atoms with Crippen LogP contribution in [-0.4, -0.2) is 42.6 Å². The molecule has 1 aliphatic rings. The highest BCUT2D eigenvalue weighted by atomic mass is 16.5. The van der Waals surface area contributed by atoms with E-state index in [0.717, 1.165) is 36.6 Å². The molecule has 1 amide bonds. The van der Waals surface area contributed by atoms with Crippen molar-refractivity contribution in [1.29, 1.82) is 0 Å². The molecule has 34 heavy (non-hydrogen) atoms. The van der Waals surface area contributed by atoms with Gasteiger partial charge < -0.3 is 25.5 Å². The van der Waals surface area contributed by atoms with Crippen molar-refractivity contribution in [1.82, 2.24) is 15.3 Å². The number of carbonyl (C=O) groups excluding carboxylic acids is 1. The molecular formula is C26H27N5O3. The number of rotatable bonds is 7. The summed E-state index contributed by atoms with van der Waals surface area (Å²) in [5.74, 6) is 2.05. The van der Waals surface area contributed by atoms with Gasteiger partial charge in [-0.05, 0) is 73.8 Å². The minimum atomic E-state index is -0.514.